The lowest BCUT2D eigenvalue weighted by Gasteiger charge is -2.11. The van der Waals surface area contributed by atoms with Crippen LogP contribution in [-0.4, -0.2) is 24.0 Å². The number of alkyl halides is 3. The molecule has 0 heterocycles. The average molecular weight is 246 g/mol. The van der Waals surface area contributed by atoms with Crippen LogP contribution in [0.2, 0.25) is 0 Å². The molecule has 0 atom stereocenters. The summed E-state index contributed by atoms with van der Waals surface area (Å²) in [6.07, 6.45) is -4.07. The maximum absolute atomic E-state index is 11.9. The molecule has 0 bridgehead atoms. The van der Waals surface area contributed by atoms with Crippen molar-refractivity contribution in [1.29, 1.82) is 5.41 Å². The minimum Gasteiger partial charge on any atom is -0.506 e. The van der Waals surface area contributed by atoms with Gasteiger partial charge in [0.05, 0.1) is 5.69 Å². The van der Waals surface area contributed by atoms with Crippen molar-refractivity contribution < 1.29 is 18.3 Å². The molecule has 1 aromatic carbocycles. The molecule has 0 spiro atoms. The van der Waals surface area contributed by atoms with Crippen molar-refractivity contribution >= 4 is 11.9 Å². The van der Waals surface area contributed by atoms with Gasteiger partial charge in [0.1, 0.15) is 5.75 Å². The number of hydrogen-bond donors (Lipinski definition) is 3. The Kier molecular flexibility index (Phi) is 4.37. The number of rotatable bonds is 5. The maximum Gasteiger partial charge on any atom is 0.389 e. The predicted octanol–water partition coefficient (Wildman–Crippen LogP) is 3.14. The number of halogens is 3. The van der Waals surface area contributed by atoms with Crippen LogP contribution in [-0.2, 0) is 0 Å². The first kappa shape index (κ1) is 13.3. The highest BCUT2D eigenvalue weighted by Crippen LogP contribution is 2.26. The van der Waals surface area contributed by atoms with Gasteiger partial charge in [-0.15, -0.1) is 0 Å². The first-order valence-electron chi connectivity index (χ1n) is 5.07. The number of nitrogens with one attached hydrogen (secondary N) is 2. The summed E-state index contributed by atoms with van der Waals surface area (Å²) in [5, 5.41) is 19.3. The fraction of sp³-hybridized carbons (Fsp3) is 0.364. The molecule has 0 aliphatic carbocycles. The summed E-state index contributed by atoms with van der Waals surface area (Å²) in [7, 11) is 0. The molecule has 0 fully saturated rings. The molecule has 0 amide bonds. The highest BCUT2D eigenvalue weighted by molar-refractivity contribution is 5.88. The van der Waals surface area contributed by atoms with E-state index in [1.807, 2.05) is 0 Å². The van der Waals surface area contributed by atoms with Crippen LogP contribution in [0.25, 0.3) is 0 Å². The van der Waals surface area contributed by atoms with Crippen molar-refractivity contribution in [1.82, 2.24) is 0 Å². The van der Waals surface area contributed by atoms with E-state index in [0.29, 0.717) is 11.3 Å². The summed E-state index contributed by atoms with van der Waals surface area (Å²) in [5.41, 5.74) is 0.738. The Morgan fingerprint density at radius 2 is 2.06 bits per heavy atom. The van der Waals surface area contributed by atoms with E-state index in [1.165, 1.54) is 6.07 Å². The second-order valence-corrected chi connectivity index (χ2v) is 3.53. The second kappa shape index (κ2) is 5.56. The van der Waals surface area contributed by atoms with Crippen LogP contribution >= 0.6 is 0 Å². The van der Waals surface area contributed by atoms with Gasteiger partial charge in [-0.25, -0.2) is 0 Å². The number of anilines is 1. The van der Waals surface area contributed by atoms with Gasteiger partial charge in [-0.1, -0.05) is 12.1 Å². The van der Waals surface area contributed by atoms with Gasteiger partial charge >= 0.3 is 6.18 Å². The molecule has 0 aliphatic rings. The zero-order chi connectivity index (χ0) is 12.9. The largest absolute Gasteiger partial charge is 0.506 e. The van der Waals surface area contributed by atoms with Crippen molar-refractivity contribution in [2.75, 3.05) is 11.9 Å². The predicted molar refractivity (Wildman–Crippen MR) is 59.8 cm³/mol. The standard InChI is InChI=1S/C11H13F3N2O/c12-11(13,14)5-2-6-16-10-8(7-15)3-1-4-9(10)17/h1,3-4,7,15-17H,2,5-6H2. The number of aromatic hydroxyl groups is 1. The van der Waals surface area contributed by atoms with E-state index in [9.17, 15) is 18.3 Å². The maximum atomic E-state index is 11.9. The Balaban J connectivity index is 2.54. The molecule has 0 aliphatic heterocycles. The number of hydrogen-bond acceptors (Lipinski definition) is 3. The quantitative estimate of drug-likeness (QED) is 0.424. The number of benzene rings is 1. The van der Waals surface area contributed by atoms with Gasteiger partial charge in [0, 0.05) is 24.7 Å². The molecule has 6 heteroatoms. The minimum atomic E-state index is -4.16. The van der Waals surface area contributed by atoms with Crippen LogP contribution in [0.1, 0.15) is 18.4 Å². The average Bonchev–Trinajstić information content (AvgIpc) is 2.24. The first-order chi connectivity index (χ1) is 7.94. The lowest BCUT2D eigenvalue weighted by molar-refractivity contribution is -0.134. The third kappa shape index (κ3) is 4.34. The van der Waals surface area contributed by atoms with E-state index in [-0.39, 0.29) is 18.7 Å². The van der Waals surface area contributed by atoms with Gasteiger partial charge in [-0.05, 0) is 12.5 Å². The third-order valence-electron chi connectivity index (χ3n) is 2.17. The van der Waals surface area contributed by atoms with Crippen molar-refractivity contribution in [3.63, 3.8) is 0 Å². The Hall–Kier alpha value is -1.72. The van der Waals surface area contributed by atoms with Gasteiger partial charge in [-0.2, -0.15) is 13.2 Å². The molecule has 3 nitrogen and oxygen atoms in total. The molecule has 0 saturated carbocycles. The number of phenols is 1. The summed E-state index contributed by atoms with van der Waals surface area (Å²) in [6.45, 7) is 0.0952. The molecular weight excluding hydrogens is 233 g/mol. The van der Waals surface area contributed by atoms with Gasteiger partial charge in [-0.3, -0.25) is 0 Å². The van der Waals surface area contributed by atoms with E-state index >= 15 is 0 Å². The van der Waals surface area contributed by atoms with Crippen LogP contribution in [0.4, 0.5) is 18.9 Å². The lowest BCUT2D eigenvalue weighted by Crippen LogP contribution is -2.11. The molecule has 0 radical (unpaired) electrons. The zero-order valence-corrected chi connectivity index (χ0v) is 9.01. The third-order valence-corrected chi connectivity index (χ3v) is 2.17. The number of phenolic OH excluding ortho intramolecular Hbond substituents is 1. The Morgan fingerprint density at radius 1 is 1.35 bits per heavy atom. The van der Waals surface area contributed by atoms with E-state index in [4.69, 9.17) is 5.41 Å². The highest BCUT2D eigenvalue weighted by Gasteiger charge is 2.25. The van der Waals surface area contributed by atoms with Crippen LogP contribution in [0.3, 0.4) is 0 Å². The summed E-state index contributed by atoms with van der Waals surface area (Å²) in [6, 6.07) is 4.58. The Bertz CT molecular complexity index is 391. The van der Waals surface area contributed by atoms with Gasteiger partial charge in [0.15, 0.2) is 0 Å². The molecule has 0 aromatic heterocycles. The Morgan fingerprint density at radius 3 is 2.65 bits per heavy atom. The van der Waals surface area contributed by atoms with Crippen LogP contribution in [0.5, 0.6) is 5.75 Å². The van der Waals surface area contributed by atoms with Crippen molar-refractivity contribution in [3.05, 3.63) is 23.8 Å². The molecule has 17 heavy (non-hydrogen) atoms. The van der Waals surface area contributed by atoms with Crippen molar-refractivity contribution in [2.45, 2.75) is 19.0 Å². The van der Waals surface area contributed by atoms with E-state index < -0.39 is 12.6 Å². The number of para-hydroxylation sites is 1. The SMILES string of the molecule is N=Cc1cccc(O)c1NCCCC(F)(F)F. The van der Waals surface area contributed by atoms with E-state index in [0.717, 1.165) is 6.21 Å². The van der Waals surface area contributed by atoms with Crippen molar-refractivity contribution in [3.8, 4) is 5.75 Å². The molecule has 1 rings (SSSR count). The van der Waals surface area contributed by atoms with E-state index in [2.05, 4.69) is 5.32 Å². The summed E-state index contributed by atoms with van der Waals surface area (Å²) >= 11 is 0. The molecular formula is C11H13F3N2O. The van der Waals surface area contributed by atoms with Gasteiger partial charge < -0.3 is 15.8 Å². The molecule has 0 unspecified atom stereocenters. The summed E-state index contributed by atoms with van der Waals surface area (Å²) < 4.78 is 35.7. The topological polar surface area (TPSA) is 56.1 Å². The minimum absolute atomic E-state index is 0.0713. The Labute approximate surface area is 96.8 Å². The molecule has 0 saturated heterocycles. The summed E-state index contributed by atoms with van der Waals surface area (Å²) in [5.74, 6) is -0.0713. The van der Waals surface area contributed by atoms with Gasteiger partial charge in [0.25, 0.3) is 0 Å². The zero-order valence-electron chi connectivity index (χ0n) is 9.01. The fourth-order valence-corrected chi connectivity index (χ4v) is 1.37. The smallest absolute Gasteiger partial charge is 0.389 e. The normalized spacial score (nSPS) is 11.2. The molecule has 94 valence electrons. The summed E-state index contributed by atoms with van der Waals surface area (Å²) in [4.78, 5) is 0. The fourth-order valence-electron chi connectivity index (χ4n) is 1.37. The van der Waals surface area contributed by atoms with Gasteiger partial charge in [0.2, 0.25) is 0 Å². The lowest BCUT2D eigenvalue weighted by atomic mass is 10.1. The van der Waals surface area contributed by atoms with Crippen LogP contribution in [0, 0.1) is 5.41 Å². The highest BCUT2D eigenvalue weighted by atomic mass is 19.4. The molecule has 3 N–H and O–H groups in total. The monoisotopic (exact) mass is 246 g/mol. The van der Waals surface area contributed by atoms with Crippen LogP contribution in [0.15, 0.2) is 18.2 Å². The van der Waals surface area contributed by atoms with Crippen molar-refractivity contribution in [2.24, 2.45) is 0 Å². The second-order valence-electron chi connectivity index (χ2n) is 3.53. The van der Waals surface area contributed by atoms with E-state index in [1.54, 1.807) is 12.1 Å². The first-order valence-corrected chi connectivity index (χ1v) is 5.07. The van der Waals surface area contributed by atoms with Crippen LogP contribution < -0.4 is 5.32 Å². The molecule has 1 aromatic rings.